The zero-order valence-corrected chi connectivity index (χ0v) is 12.5. The summed E-state index contributed by atoms with van der Waals surface area (Å²) in [5.74, 6) is 0. The lowest BCUT2D eigenvalue weighted by Gasteiger charge is -2.15. The zero-order valence-electron chi connectivity index (χ0n) is 12.5. The van der Waals surface area contributed by atoms with Gasteiger partial charge in [0.2, 0.25) is 0 Å². The SMILES string of the molecule is CC(C)NC(=O)NCCC(O)c1cccc2ccccc12. The predicted octanol–water partition coefficient (Wildman–Crippen LogP) is 2.97. The molecule has 2 rings (SSSR count). The van der Waals surface area contributed by atoms with Crippen molar-refractivity contribution in [2.75, 3.05) is 6.54 Å². The molecule has 0 aliphatic rings. The second-order valence-electron chi connectivity index (χ2n) is 5.43. The van der Waals surface area contributed by atoms with Gasteiger partial charge < -0.3 is 15.7 Å². The minimum Gasteiger partial charge on any atom is -0.388 e. The van der Waals surface area contributed by atoms with Crippen molar-refractivity contribution >= 4 is 16.8 Å². The molecule has 4 nitrogen and oxygen atoms in total. The first-order valence-electron chi connectivity index (χ1n) is 7.28. The summed E-state index contributed by atoms with van der Waals surface area (Å²) in [6.07, 6.45) is -0.102. The molecule has 0 saturated carbocycles. The molecule has 2 aromatic carbocycles. The van der Waals surface area contributed by atoms with E-state index in [1.165, 1.54) is 0 Å². The molecule has 4 heteroatoms. The number of hydrogen-bond donors (Lipinski definition) is 3. The van der Waals surface area contributed by atoms with Gasteiger partial charge in [-0.15, -0.1) is 0 Å². The molecule has 2 amide bonds. The summed E-state index contributed by atoms with van der Waals surface area (Å²) in [5.41, 5.74) is 0.902. The van der Waals surface area contributed by atoms with Crippen molar-refractivity contribution in [2.24, 2.45) is 0 Å². The van der Waals surface area contributed by atoms with Gasteiger partial charge >= 0.3 is 6.03 Å². The average Bonchev–Trinajstić information content (AvgIpc) is 2.45. The third-order valence-corrected chi connectivity index (χ3v) is 3.31. The fourth-order valence-corrected chi connectivity index (χ4v) is 2.33. The number of aliphatic hydroxyl groups is 1. The smallest absolute Gasteiger partial charge is 0.314 e. The van der Waals surface area contributed by atoms with E-state index in [1.54, 1.807) is 0 Å². The standard InChI is InChI=1S/C17H22N2O2/c1-12(2)19-17(21)18-11-10-16(20)15-9-5-7-13-6-3-4-8-14(13)15/h3-9,12,16,20H,10-11H2,1-2H3,(H2,18,19,21). The first kappa shape index (κ1) is 15.3. The molecule has 0 saturated heterocycles. The number of nitrogens with one attached hydrogen (secondary N) is 2. The van der Waals surface area contributed by atoms with Crippen molar-refractivity contribution in [3.05, 3.63) is 48.0 Å². The minimum absolute atomic E-state index is 0.105. The van der Waals surface area contributed by atoms with Crippen molar-refractivity contribution in [1.29, 1.82) is 0 Å². The Morgan fingerprint density at radius 3 is 2.62 bits per heavy atom. The Morgan fingerprint density at radius 1 is 1.14 bits per heavy atom. The quantitative estimate of drug-likeness (QED) is 0.791. The molecule has 1 atom stereocenters. The highest BCUT2D eigenvalue weighted by atomic mass is 16.3. The largest absolute Gasteiger partial charge is 0.388 e. The Bertz CT molecular complexity index is 605. The number of benzene rings is 2. The van der Waals surface area contributed by atoms with E-state index >= 15 is 0 Å². The van der Waals surface area contributed by atoms with Crippen LogP contribution in [0, 0.1) is 0 Å². The summed E-state index contributed by atoms with van der Waals surface area (Å²) in [6, 6.07) is 13.8. The highest BCUT2D eigenvalue weighted by Gasteiger charge is 2.11. The number of hydrogen-bond acceptors (Lipinski definition) is 2. The van der Waals surface area contributed by atoms with E-state index in [-0.39, 0.29) is 12.1 Å². The van der Waals surface area contributed by atoms with Gasteiger partial charge in [0, 0.05) is 12.6 Å². The lowest BCUT2D eigenvalue weighted by Crippen LogP contribution is -2.40. The van der Waals surface area contributed by atoms with Crippen molar-refractivity contribution < 1.29 is 9.90 Å². The third-order valence-electron chi connectivity index (χ3n) is 3.31. The summed E-state index contributed by atoms with van der Waals surface area (Å²) < 4.78 is 0. The number of amides is 2. The van der Waals surface area contributed by atoms with E-state index in [0.29, 0.717) is 13.0 Å². The van der Waals surface area contributed by atoms with Gasteiger partial charge in [-0.2, -0.15) is 0 Å². The maximum atomic E-state index is 11.5. The number of rotatable bonds is 5. The normalized spacial score (nSPS) is 12.4. The van der Waals surface area contributed by atoms with Crippen LogP contribution in [0.1, 0.15) is 31.9 Å². The van der Waals surface area contributed by atoms with E-state index in [9.17, 15) is 9.90 Å². The second kappa shape index (κ2) is 7.09. The molecule has 0 heterocycles. The number of aliphatic hydroxyl groups excluding tert-OH is 1. The minimum atomic E-state index is -0.588. The van der Waals surface area contributed by atoms with Gasteiger partial charge in [-0.05, 0) is 36.6 Å². The highest BCUT2D eigenvalue weighted by Crippen LogP contribution is 2.25. The van der Waals surface area contributed by atoms with Crippen LogP contribution in [0.5, 0.6) is 0 Å². The van der Waals surface area contributed by atoms with E-state index in [0.717, 1.165) is 16.3 Å². The molecule has 3 N–H and O–H groups in total. The molecule has 112 valence electrons. The summed E-state index contributed by atoms with van der Waals surface area (Å²) in [5, 5.41) is 18.0. The highest BCUT2D eigenvalue weighted by molar-refractivity contribution is 5.85. The van der Waals surface area contributed by atoms with Gasteiger partial charge in [0.25, 0.3) is 0 Å². The van der Waals surface area contributed by atoms with Crippen molar-refractivity contribution in [3.8, 4) is 0 Å². The molecule has 0 aliphatic heterocycles. The predicted molar refractivity (Wildman–Crippen MR) is 85.2 cm³/mol. The van der Waals surface area contributed by atoms with Crippen LogP contribution in [0.4, 0.5) is 4.79 Å². The fraction of sp³-hybridized carbons (Fsp3) is 0.353. The molecule has 1 unspecified atom stereocenters. The Labute approximate surface area is 125 Å². The maximum absolute atomic E-state index is 11.5. The Hall–Kier alpha value is -2.07. The summed E-state index contributed by atoms with van der Waals surface area (Å²) in [7, 11) is 0. The average molecular weight is 286 g/mol. The maximum Gasteiger partial charge on any atom is 0.314 e. The van der Waals surface area contributed by atoms with Gasteiger partial charge in [0.15, 0.2) is 0 Å². The number of carbonyl (C=O) groups is 1. The van der Waals surface area contributed by atoms with Gasteiger partial charge in [0.05, 0.1) is 6.10 Å². The van der Waals surface area contributed by atoms with E-state index in [2.05, 4.69) is 10.6 Å². The molecular weight excluding hydrogens is 264 g/mol. The molecule has 0 radical (unpaired) electrons. The van der Waals surface area contributed by atoms with Gasteiger partial charge in [-0.1, -0.05) is 42.5 Å². The number of fused-ring (bicyclic) bond motifs is 1. The first-order chi connectivity index (χ1) is 10.1. The molecule has 2 aromatic rings. The zero-order chi connectivity index (χ0) is 15.2. The van der Waals surface area contributed by atoms with Gasteiger partial charge in [-0.25, -0.2) is 4.79 Å². The topological polar surface area (TPSA) is 61.4 Å². The monoisotopic (exact) mass is 286 g/mol. The first-order valence-corrected chi connectivity index (χ1v) is 7.28. The molecule has 0 fully saturated rings. The van der Waals surface area contributed by atoms with E-state index in [4.69, 9.17) is 0 Å². The van der Waals surface area contributed by atoms with Crippen LogP contribution in [0.2, 0.25) is 0 Å². The molecular formula is C17H22N2O2. The Kier molecular flexibility index (Phi) is 5.17. The molecule has 21 heavy (non-hydrogen) atoms. The van der Waals surface area contributed by atoms with Crippen molar-refractivity contribution in [3.63, 3.8) is 0 Å². The van der Waals surface area contributed by atoms with Crippen molar-refractivity contribution in [1.82, 2.24) is 10.6 Å². The van der Waals surface area contributed by atoms with Crippen LogP contribution < -0.4 is 10.6 Å². The van der Waals surface area contributed by atoms with Crippen LogP contribution in [0.25, 0.3) is 10.8 Å². The van der Waals surface area contributed by atoms with E-state index in [1.807, 2.05) is 56.3 Å². The van der Waals surface area contributed by atoms with Crippen LogP contribution in [0.15, 0.2) is 42.5 Å². The summed E-state index contributed by atoms with van der Waals surface area (Å²) in [4.78, 5) is 11.5. The van der Waals surface area contributed by atoms with Gasteiger partial charge in [0.1, 0.15) is 0 Å². The molecule has 0 aliphatic carbocycles. The van der Waals surface area contributed by atoms with Crippen LogP contribution in [-0.4, -0.2) is 23.7 Å². The van der Waals surface area contributed by atoms with Gasteiger partial charge in [-0.3, -0.25) is 0 Å². The second-order valence-corrected chi connectivity index (χ2v) is 5.43. The lowest BCUT2D eigenvalue weighted by molar-refractivity contribution is 0.168. The van der Waals surface area contributed by atoms with Crippen LogP contribution in [0.3, 0.4) is 0 Å². The summed E-state index contributed by atoms with van der Waals surface area (Å²) in [6.45, 7) is 4.25. The lowest BCUT2D eigenvalue weighted by atomic mass is 9.99. The summed E-state index contributed by atoms with van der Waals surface area (Å²) >= 11 is 0. The van der Waals surface area contributed by atoms with Crippen molar-refractivity contribution in [2.45, 2.75) is 32.4 Å². The molecule has 0 aromatic heterocycles. The molecule has 0 spiro atoms. The number of carbonyl (C=O) groups excluding carboxylic acids is 1. The molecule has 0 bridgehead atoms. The van der Waals surface area contributed by atoms with Crippen LogP contribution >= 0.6 is 0 Å². The third kappa shape index (κ3) is 4.20. The van der Waals surface area contributed by atoms with E-state index < -0.39 is 6.10 Å². The Balaban J connectivity index is 1.96. The fourth-order valence-electron chi connectivity index (χ4n) is 2.33. The Morgan fingerprint density at radius 2 is 1.86 bits per heavy atom. The number of urea groups is 1. The van der Waals surface area contributed by atoms with Crippen LogP contribution in [-0.2, 0) is 0 Å².